The second kappa shape index (κ2) is 7.07. The van der Waals surface area contributed by atoms with Crippen LogP contribution in [0.3, 0.4) is 0 Å². The molecule has 3 atom stereocenters. The summed E-state index contributed by atoms with van der Waals surface area (Å²) in [4.78, 5) is 26.1. The normalized spacial score (nSPS) is 30.9. The van der Waals surface area contributed by atoms with Gasteiger partial charge in [-0.25, -0.2) is 0 Å². The highest BCUT2D eigenvalue weighted by molar-refractivity contribution is 5.83. The molecule has 2 rings (SSSR count). The molecule has 2 heterocycles. The Bertz CT molecular complexity index is 359. The smallest absolute Gasteiger partial charge is 0.307 e. The van der Waals surface area contributed by atoms with Crippen LogP contribution in [0.25, 0.3) is 0 Å². The molecule has 1 amide bonds. The van der Waals surface area contributed by atoms with E-state index >= 15 is 0 Å². The number of nitrogens with zero attached hydrogens (tertiary/aromatic N) is 1. The van der Waals surface area contributed by atoms with Gasteiger partial charge in [0.05, 0.1) is 19.6 Å². The minimum atomic E-state index is -0.223. The lowest BCUT2D eigenvalue weighted by Crippen LogP contribution is -2.54. The molecule has 0 radical (unpaired) electrons. The Morgan fingerprint density at radius 2 is 2.10 bits per heavy atom. The highest BCUT2D eigenvalue weighted by atomic mass is 16.5. The average molecular weight is 282 g/mol. The van der Waals surface area contributed by atoms with Gasteiger partial charge in [-0.15, -0.1) is 0 Å². The lowest BCUT2D eigenvalue weighted by atomic mass is 9.91. The maximum absolute atomic E-state index is 12.7. The number of hydrogen-bond donors (Lipinski definition) is 1. The number of nitrogens with one attached hydrogen (secondary N) is 1. The molecule has 0 bridgehead atoms. The Labute approximate surface area is 121 Å². The first kappa shape index (κ1) is 15.3. The van der Waals surface area contributed by atoms with E-state index in [0.29, 0.717) is 12.3 Å². The molecule has 0 aliphatic carbocycles. The number of likely N-dealkylation sites (tertiary alicyclic amines) is 1. The third-order valence-corrected chi connectivity index (χ3v) is 4.50. The van der Waals surface area contributed by atoms with Crippen LogP contribution in [0, 0.1) is 5.92 Å². The van der Waals surface area contributed by atoms with Crippen molar-refractivity contribution in [3.63, 3.8) is 0 Å². The quantitative estimate of drug-likeness (QED) is 0.793. The summed E-state index contributed by atoms with van der Waals surface area (Å²) >= 11 is 0. The Morgan fingerprint density at radius 3 is 2.80 bits per heavy atom. The van der Waals surface area contributed by atoms with E-state index in [1.165, 1.54) is 7.11 Å². The fourth-order valence-electron chi connectivity index (χ4n) is 3.27. The molecule has 2 aliphatic heterocycles. The first-order valence-electron chi connectivity index (χ1n) is 7.72. The lowest BCUT2D eigenvalue weighted by Gasteiger charge is -2.39. The molecule has 0 spiro atoms. The second-order valence-corrected chi connectivity index (χ2v) is 6.10. The predicted octanol–water partition coefficient (Wildman–Crippen LogP) is 1.32. The first-order valence-corrected chi connectivity index (χ1v) is 7.72. The van der Waals surface area contributed by atoms with Crippen molar-refractivity contribution in [2.24, 2.45) is 5.92 Å². The minimum absolute atomic E-state index is 0.0164. The van der Waals surface area contributed by atoms with Crippen molar-refractivity contribution in [1.29, 1.82) is 0 Å². The molecule has 0 saturated carbocycles. The van der Waals surface area contributed by atoms with Crippen LogP contribution in [0.2, 0.25) is 0 Å². The monoisotopic (exact) mass is 282 g/mol. The van der Waals surface area contributed by atoms with Gasteiger partial charge in [0.1, 0.15) is 0 Å². The van der Waals surface area contributed by atoms with E-state index in [1.807, 2.05) is 4.90 Å². The van der Waals surface area contributed by atoms with Gasteiger partial charge in [0, 0.05) is 12.6 Å². The first-order chi connectivity index (χ1) is 9.61. The van der Waals surface area contributed by atoms with Gasteiger partial charge in [-0.2, -0.15) is 0 Å². The lowest BCUT2D eigenvalue weighted by molar-refractivity contribution is -0.145. The molecule has 2 fully saturated rings. The summed E-state index contributed by atoms with van der Waals surface area (Å²) in [6, 6.07) is -0.0558. The van der Waals surface area contributed by atoms with Gasteiger partial charge in [-0.05, 0) is 44.6 Å². The van der Waals surface area contributed by atoms with Crippen molar-refractivity contribution in [2.75, 3.05) is 20.2 Å². The van der Waals surface area contributed by atoms with E-state index < -0.39 is 0 Å². The van der Waals surface area contributed by atoms with E-state index in [-0.39, 0.29) is 24.0 Å². The molecule has 0 aromatic carbocycles. The standard InChI is InChI=1S/C15H26N2O3/c1-11-6-7-16-13(9-11)15(19)17-8-4-3-5-12(17)10-14(18)20-2/h11-13,16H,3-10H2,1-2H3. The molecular weight excluding hydrogens is 256 g/mol. The van der Waals surface area contributed by atoms with Crippen molar-refractivity contribution in [1.82, 2.24) is 10.2 Å². The molecule has 2 saturated heterocycles. The van der Waals surface area contributed by atoms with Gasteiger partial charge in [0.25, 0.3) is 0 Å². The SMILES string of the molecule is COC(=O)CC1CCCCN1C(=O)C1CC(C)CCN1. The van der Waals surface area contributed by atoms with Crippen molar-refractivity contribution < 1.29 is 14.3 Å². The fourth-order valence-corrected chi connectivity index (χ4v) is 3.27. The number of carbonyl (C=O) groups is 2. The van der Waals surface area contributed by atoms with Crippen LogP contribution in [0.4, 0.5) is 0 Å². The van der Waals surface area contributed by atoms with Crippen molar-refractivity contribution in [3.8, 4) is 0 Å². The number of piperidine rings is 2. The predicted molar refractivity (Wildman–Crippen MR) is 76.2 cm³/mol. The Hall–Kier alpha value is -1.10. The molecule has 0 aromatic heterocycles. The van der Waals surface area contributed by atoms with Crippen LogP contribution in [-0.2, 0) is 14.3 Å². The summed E-state index contributed by atoms with van der Waals surface area (Å²) in [6.45, 7) is 3.88. The summed E-state index contributed by atoms with van der Waals surface area (Å²) in [5.41, 5.74) is 0. The molecule has 1 N–H and O–H groups in total. The molecule has 3 unspecified atom stereocenters. The zero-order valence-electron chi connectivity index (χ0n) is 12.6. The van der Waals surface area contributed by atoms with Crippen LogP contribution < -0.4 is 5.32 Å². The van der Waals surface area contributed by atoms with Gasteiger partial charge >= 0.3 is 5.97 Å². The number of carbonyl (C=O) groups excluding carboxylic acids is 2. The maximum Gasteiger partial charge on any atom is 0.307 e. The van der Waals surface area contributed by atoms with Gasteiger partial charge in [0.2, 0.25) is 5.91 Å². The molecular formula is C15H26N2O3. The Kier molecular flexibility index (Phi) is 5.40. The Morgan fingerprint density at radius 1 is 1.30 bits per heavy atom. The van der Waals surface area contributed by atoms with E-state index in [9.17, 15) is 9.59 Å². The molecule has 5 nitrogen and oxygen atoms in total. The van der Waals surface area contributed by atoms with Gasteiger partial charge in [-0.1, -0.05) is 6.92 Å². The summed E-state index contributed by atoms with van der Waals surface area (Å²) in [5.74, 6) is 0.541. The molecule has 20 heavy (non-hydrogen) atoms. The van der Waals surface area contributed by atoms with Crippen LogP contribution in [0.1, 0.15) is 45.4 Å². The number of hydrogen-bond acceptors (Lipinski definition) is 4. The zero-order chi connectivity index (χ0) is 14.5. The third-order valence-electron chi connectivity index (χ3n) is 4.50. The third kappa shape index (κ3) is 3.72. The molecule has 0 aromatic rings. The fraction of sp³-hybridized carbons (Fsp3) is 0.867. The van der Waals surface area contributed by atoms with Gasteiger partial charge in [0.15, 0.2) is 0 Å². The van der Waals surface area contributed by atoms with Crippen LogP contribution in [0.15, 0.2) is 0 Å². The van der Waals surface area contributed by atoms with Crippen molar-refractivity contribution >= 4 is 11.9 Å². The van der Waals surface area contributed by atoms with Crippen LogP contribution in [-0.4, -0.2) is 49.1 Å². The van der Waals surface area contributed by atoms with Crippen LogP contribution in [0.5, 0.6) is 0 Å². The van der Waals surface area contributed by atoms with E-state index in [4.69, 9.17) is 4.74 Å². The second-order valence-electron chi connectivity index (χ2n) is 6.10. The average Bonchev–Trinajstić information content (AvgIpc) is 2.47. The van der Waals surface area contributed by atoms with Crippen molar-refractivity contribution in [2.45, 2.75) is 57.5 Å². The van der Waals surface area contributed by atoms with Crippen molar-refractivity contribution in [3.05, 3.63) is 0 Å². The van der Waals surface area contributed by atoms with E-state index in [1.54, 1.807) is 0 Å². The number of amides is 1. The number of rotatable bonds is 3. The summed E-state index contributed by atoms with van der Waals surface area (Å²) < 4.78 is 4.75. The Balaban J connectivity index is 1.99. The summed E-state index contributed by atoms with van der Waals surface area (Å²) in [7, 11) is 1.40. The van der Waals surface area contributed by atoms with Gasteiger partial charge < -0.3 is 15.0 Å². The molecule has 114 valence electrons. The van der Waals surface area contributed by atoms with Crippen LogP contribution >= 0.6 is 0 Å². The number of ether oxygens (including phenoxy) is 1. The zero-order valence-corrected chi connectivity index (χ0v) is 12.6. The number of methoxy groups -OCH3 is 1. The maximum atomic E-state index is 12.7. The highest BCUT2D eigenvalue weighted by Crippen LogP contribution is 2.24. The highest BCUT2D eigenvalue weighted by Gasteiger charge is 2.34. The van der Waals surface area contributed by atoms with E-state index in [2.05, 4.69) is 12.2 Å². The minimum Gasteiger partial charge on any atom is -0.469 e. The topological polar surface area (TPSA) is 58.6 Å². The number of esters is 1. The van der Waals surface area contributed by atoms with E-state index in [0.717, 1.165) is 45.2 Å². The largest absolute Gasteiger partial charge is 0.469 e. The molecule has 2 aliphatic rings. The summed E-state index contributed by atoms with van der Waals surface area (Å²) in [6.07, 6.45) is 5.38. The van der Waals surface area contributed by atoms with Gasteiger partial charge in [-0.3, -0.25) is 9.59 Å². The molecule has 5 heteroatoms. The summed E-state index contributed by atoms with van der Waals surface area (Å²) in [5, 5.41) is 3.33.